The molecular weight excluding hydrogens is 442 g/mol. The molecule has 0 spiro atoms. The van der Waals surface area contributed by atoms with E-state index in [9.17, 15) is 14.4 Å². The zero-order valence-corrected chi connectivity index (χ0v) is 20.1. The Bertz CT molecular complexity index is 1000. The van der Waals surface area contributed by atoms with Crippen LogP contribution in [0.25, 0.3) is 0 Å². The molecule has 1 atom stereocenters. The minimum absolute atomic E-state index is 0.0363. The Balaban J connectivity index is 1.38. The van der Waals surface area contributed by atoms with Crippen molar-refractivity contribution in [1.82, 2.24) is 20.5 Å². The van der Waals surface area contributed by atoms with Gasteiger partial charge in [-0.15, -0.1) is 0 Å². The summed E-state index contributed by atoms with van der Waals surface area (Å²) >= 11 is 0. The molecule has 35 heavy (non-hydrogen) atoms. The molecule has 1 saturated heterocycles. The zero-order chi connectivity index (χ0) is 24.7. The molecule has 2 aromatic rings. The summed E-state index contributed by atoms with van der Waals surface area (Å²) in [6, 6.07) is 14.8. The van der Waals surface area contributed by atoms with Crippen molar-refractivity contribution in [2.75, 3.05) is 13.1 Å². The fourth-order valence-corrected chi connectivity index (χ4v) is 5.18. The van der Waals surface area contributed by atoms with Crippen LogP contribution in [0, 0.1) is 5.41 Å². The average Bonchev–Trinajstić information content (AvgIpc) is 3.38. The Labute approximate surface area is 206 Å². The number of nitrogens with zero attached hydrogens (tertiary/aromatic N) is 2. The van der Waals surface area contributed by atoms with E-state index >= 15 is 0 Å². The molecule has 2 heterocycles. The van der Waals surface area contributed by atoms with Gasteiger partial charge >= 0.3 is 0 Å². The lowest BCUT2D eigenvalue weighted by Crippen LogP contribution is -2.57. The lowest BCUT2D eigenvalue weighted by atomic mass is 9.84. The van der Waals surface area contributed by atoms with E-state index < -0.39 is 23.3 Å². The smallest absolute Gasteiger partial charge is 0.243 e. The SMILES string of the molecule is NC(=O)C1(C(=O)N[C@H](Cc2ccccc2)C(=O)NC2CCN(Cc3ccccn3)CC2)CCCC1. The number of piperidine rings is 1. The molecule has 0 bridgehead atoms. The minimum atomic E-state index is -1.22. The van der Waals surface area contributed by atoms with Crippen LogP contribution in [0.1, 0.15) is 49.8 Å². The fraction of sp³-hybridized carbons (Fsp3) is 0.481. The van der Waals surface area contributed by atoms with Crippen molar-refractivity contribution in [2.45, 2.75) is 63.6 Å². The Kier molecular flexibility index (Phi) is 8.13. The number of aromatic nitrogens is 1. The zero-order valence-electron chi connectivity index (χ0n) is 20.1. The number of nitrogens with two attached hydrogens (primary N) is 1. The molecule has 2 fully saturated rings. The predicted molar refractivity (Wildman–Crippen MR) is 133 cm³/mol. The number of hydrogen-bond donors (Lipinski definition) is 3. The van der Waals surface area contributed by atoms with E-state index in [1.54, 1.807) is 6.20 Å². The molecule has 1 aliphatic carbocycles. The number of amides is 3. The van der Waals surface area contributed by atoms with Gasteiger partial charge in [-0.3, -0.25) is 24.3 Å². The summed E-state index contributed by atoms with van der Waals surface area (Å²) in [6.45, 7) is 2.52. The lowest BCUT2D eigenvalue weighted by Gasteiger charge is -2.33. The summed E-state index contributed by atoms with van der Waals surface area (Å²) in [5.74, 6) is -1.25. The fourth-order valence-electron chi connectivity index (χ4n) is 5.18. The van der Waals surface area contributed by atoms with E-state index in [1.807, 2.05) is 48.5 Å². The van der Waals surface area contributed by atoms with Crippen molar-refractivity contribution in [3.05, 3.63) is 66.0 Å². The maximum atomic E-state index is 13.3. The monoisotopic (exact) mass is 477 g/mol. The normalized spacial score (nSPS) is 19.1. The second-order valence-corrected chi connectivity index (χ2v) is 9.75. The van der Waals surface area contributed by atoms with Crippen molar-refractivity contribution >= 4 is 17.7 Å². The van der Waals surface area contributed by atoms with Gasteiger partial charge in [0.1, 0.15) is 11.5 Å². The number of carbonyl (C=O) groups is 3. The van der Waals surface area contributed by atoms with Crippen molar-refractivity contribution in [2.24, 2.45) is 11.1 Å². The molecule has 4 rings (SSSR count). The van der Waals surface area contributed by atoms with E-state index in [-0.39, 0.29) is 11.9 Å². The van der Waals surface area contributed by atoms with Gasteiger partial charge in [-0.25, -0.2) is 0 Å². The third-order valence-corrected chi connectivity index (χ3v) is 7.31. The van der Waals surface area contributed by atoms with E-state index in [0.717, 1.165) is 56.6 Å². The standard InChI is InChI=1S/C27H35N5O3/c28-25(34)27(13-5-6-14-27)26(35)31-23(18-20-8-2-1-3-9-20)24(33)30-21-11-16-32(17-12-21)19-22-10-4-7-15-29-22/h1-4,7-10,15,21,23H,5-6,11-14,16-19H2,(H2,28,34)(H,30,33)(H,31,35)/t23-/m1/s1. The van der Waals surface area contributed by atoms with Crippen LogP contribution in [0.15, 0.2) is 54.7 Å². The predicted octanol–water partition coefficient (Wildman–Crippen LogP) is 1.94. The highest BCUT2D eigenvalue weighted by molar-refractivity contribution is 6.05. The topological polar surface area (TPSA) is 117 Å². The molecule has 1 aromatic carbocycles. The van der Waals surface area contributed by atoms with Gasteiger partial charge in [0, 0.05) is 38.3 Å². The minimum Gasteiger partial charge on any atom is -0.369 e. The number of carbonyl (C=O) groups excluding carboxylic acids is 3. The van der Waals surface area contributed by atoms with Crippen LogP contribution >= 0.6 is 0 Å². The molecule has 8 nitrogen and oxygen atoms in total. The van der Waals surface area contributed by atoms with E-state index in [4.69, 9.17) is 5.73 Å². The molecule has 0 unspecified atom stereocenters. The van der Waals surface area contributed by atoms with Gasteiger partial charge < -0.3 is 16.4 Å². The number of hydrogen-bond acceptors (Lipinski definition) is 5. The van der Waals surface area contributed by atoms with Gasteiger partial charge in [-0.1, -0.05) is 49.2 Å². The second kappa shape index (κ2) is 11.4. The first kappa shape index (κ1) is 24.9. The largest absolute Gasteiger partial charge is 0.369 e. The van der Waals surface area contributed by atoms with Crippen LogP contribution in [0.3, 0.4) is 0 Å². The first-order chi connectivity index (χ1) is 17.0. The van der Waals surface area contributed by atoms with E-state index in [2.05, 4.69) is 20.5 Å². The summed E-state index contributed by atoms with van der Waals surface area (Å²) < 4.78 is 0. The molecule has 0 radical (unpaired) electrons. The number of rotatable bonds is 9. The second-order valence-electron chi connectivity index (χ2n) is 9.75. The van der Waals surface area contributed by atoms with Crippen LogP contribution in [0.5, 0.6) is 0 Å². The summed E-state index contributed by atoms with van der Waals surface area (Å²) in [6.07, 6.45) is 6.24. The Morgan fingerprint density at radius 1 is 1.03 bits per heavy atom. The summed E-state index contributed by atoms with van der Waals surface area (Å²) in [5, 5.41) is 6.04. The number of likely N-dealkylation sites (tertiary alicyclic amines) is 1. The van der Waals surface area contributed by atoms with Crippen molar-refractivity contribution in [3.63, 3.8) is 0 Å². The van der Waals surface area contributed by atoms with Gasteiger partial charge in [0.05, 0.1) is 5.69 Å². The Hall–Kier alpha value is -3.26. The van der Waals surface area contributed by atoms with E-state index in [0.29, 0.717) is 19.3 Å². The maximum absolute atomic E-state index is 13.3. The molecule has 2 aliphatic rings. The van der Waals surface area contributed by atoms with Gasteiger partial charge in [0.25, 0.3) is 0 Å². The molecule has 1 saturated carbocycles. The van der Waals surface area contributed by atoms with Gasteiger partial charge in [-0.2, -0.15) is 0 Å². The highest BCUT2D eigenvalue weighted by Crippen LogP contribution is 2.38. The summed E-state index contributed by atoms with van der Waals surface area (Å²) in [7, 11) is 0. The average molecular weight is 478 g/mol. The highest BCUT2D eigenvalue weighted by Gasteiger charge is 2.47. The summed E-state index contributed by atoms with van der Waals surface area (Å²) in [4.78, 5) is 45.5. The van der Waals surface area contributed by atoms with Gasteiger partial charge in [0.2, 0.25) is 17.7 Å². The van der Waals surface area contributed by atoms with Crippen LogP contribution in [-0.4, -0.2) is 52.8 Å². The molecule has 4 N–H and O–H groups in total. The van der Waals surface area contributed by atoms with Crippen molar-refractivity contribution < 1.29 is 14.4 Å². The number of primary amides is 1. The molecule has 1 aromatic heterocycles. The molecule has 1 aliphatic heterocycles. The number of nitrogens with one attached hydrogen (secondary N) is 2. The quantitative estimate of drug-likeness (QED) is 0.477. The molecule has 186 valence electrons. The third kappa shape index (κ3) is 6.25. The first-order valence-corrected chi connectivity index (χ1v) is 12.5. The molecular formula is C27H35N5O3. The van der Waals surface area contributed by atoms with Crippen LogP contribution in [-0.2, 0) is 27.3 Å². The number of pyridine rings is 1. The van der Waals surface area contributed by atoms with Crippen molar-refractivity contribution in [3.8, 4) is 0 Å². The van der Waals surface area contributed by atoms with E-state index in [1.165, 1.54) is 0 Å². The number of benzene rings is 1. The maximum Gasteiger partial charge on any atom is 0.243 e. The Morgan fingerprint density at radius 3 is 2.34 bits per heavy atom. The van der Waals surface area contributed by atoms with Crippen LogP contribution in [0.2, 0.25) is 0 Å². The molecule has 3 amide bonds. The van der Waals surface area contributed by atoms with Crippen LogP contribution < -0.4 is 16.4 Å². The molecule has 8 heteroatoms. The van der Waals surface area contributed by atoms with Gasteiger partial charge in [-0.05, 0) is 43.4 Å². The summed E-state index contributed by atoms with van der Waals surface area (Å²) in [5.41, 5.74) is 6.41. The highest BCUT2D eigenvalue weighted by atomic mass is 16.2. The van der Waals surface area contributed by atoms with Gasteiger partial charge in [0.15, 0.2) is 0 Å². The first-order valence-electron chi connectivity index (χ1n) is 12.5. The Morgan fingerprint density at radius 2 is 1.71 bits per heavy atom. The van der Waals surface area contributed by atoms with Crippen molar-refractivity contribution in [1.29, 1.82) is 0 Å². The van der Waals surface area contributed by atoms with Crippen LogP contribution in [0.4, 0.5) is 0 Å². The third-order valence-electron chi connectivity index (χ3n) is 7.31. The lowest BCUT2D eigenvalue weighted by molar-refractivity contribution is -0.143.